The molecule has 0 bridgehead atoms. The minimum Gasteiger partial charge on any atom is -0.350 e. The number of amides is 6. The fraction of sp³-hybridized carbons (Fsp3) is 0.476. The second-order valence-corrected chi connectivity index (χ2v) is 13.9. The molecule has 2 aromatic carbocycles. The summed E-state index contributed by atoms with van der Waals surface area (Å²) < 4.78 is 0. The van der Waals surface area contributed by atoms with Gasteiger partial charge in [-0.3, -0.25) is 28.8 Å². The van der Waals surface area contributed by atoms with Crippen LogP contribution in [0.5, 0.6) is 0 Å². The van der Waals surface area contributed by atoms with Gasteiger partial charge in [-0.2, -0.15) is 0 Å². The van der Waals surface area contributed by atoms with E-state index in [9.17, 15) is 28.8 Å². The van der Waals surface area contributed by atoms with Gasteiger partial charge in [-0.05, 0) is 76.6 Å². The van der Waals surface area contributed by atoms with Crippen LogP contribution < -0.4 is 31.9 Å². The van der Waals surface area contributed by atoms with E-state index in [1.165, 1.54) is 9.80 Å². The van der Waals surface area contributed by atoms with Crippen molar-refractivity contribution in [1.82, 2.24) is 41.7 Å². The van der Waals surface area contributed by atoms with Gasteiger partial charge in [-0.25, -0.2) is 0 Å². The number of likely N-dealkylation sites (N-methyl/N-ethyl adjacent to an activating group) is 2. The summed E-state index contributed by atoms with van der Waals surface area (Å²) in [4.78, 5) is 82.8. The number of hydrogen-bond donors (Lipinski definition) is 6. The average molecular weight is 767 g/mol. The molecule has 0 spiro atoms. The summed E-state index contributed by atoms with van der Waals surface area (Å²) in [6.07, 6.45) is 2.13. The molecule has 4 rings (SSSR count). The highest BCUT2D eigenvalue weighted by molar-refractivity contribution is 5.94. The third-order valence-corrected chi connectivity index (χ3v) is 10.0. The van der Waals surface area contributed by atoms with E-state index in [1.54, 1.807) is 27.9 Å². The summed E-state index contributed by atoms with van der Waals surface area (Å²) >= 11 is 0. The van der Waals surface area contributed by atoms with Gasteiger partial charge in [0.1, 0.15) is 24.2 Å². The Hall–Kier alpha value is -5.70. The quantitative estimate of drug-likeness (QED) is 0.134. The molecule has 0 aromatic heterocycles. The lowest BCUT2D eigenvalue weighted by Gasteiger charge is -2.28. The second-order valence-electron chi connectivity index (χ2n) is 13.9. The first-order valence-corrected chi connectivity index (χ1v) is 19.2. The molecule has 298 valence electrons. The van der Waals surface area contributed by atoms with E-state index >= 15 is 0 Å². The number of carbonyl (C=O) groups is 6. The van der Waals surface area contributed by atoms with Crippen LogP contribution in [0, 0.1) is 23.7 Å². The molecule has 6 N–H and O–H groups in total. The molecular weight excluding hydrogens is 713 g/mol. The van der Waals surface area contributed by atoms with Gasteiger partial charge in [0.2, 0.25) is 35.4 Å². The number of nitrogens with zero attached hydrogens (tertiary/aromatic N) is 2. The van der Waals surface area contributed by atoms with Crippen LogP contribution in [0.25, 0.3) is 0 Å². The van der Waals surface area contributed by atoms with Gasteiger partial charge in [-0.15, -0.1) is 0 Å². The second kappa shape index (κ2) is 22.0. The topological polar surface area (TPSA) is 181 Å². The van der Waals surface area contributed by atoms with Gasteiger partial charge in [0.15, 0.2) is 0 Å². The average Bonchev–Trinajstić information content (AvgIpc) is 3.93. The Kier molecular flexibility index (Phi) is 16.9. The molecule has 2 aromatic rings. The van der Waals surface area contributed by atoms with E-state index < -0.39 is 59.9 Å². The standard InChI is InChI=1S/C42H54N8O6/c1-29(43-3)37(51)47-33(41(55)49-25-15-23-35(49)39(53)45-27-31-17-9-7-10-18-31)21-13-5-6-14-22-34(48-38(52)30(2)44-4)42(56)50-26-16-24-36(50)40(54)46-28-32-19-11-8-12-20-32/h7-12,17-20,29-30,33-36,43-44H,15-16,21-28H2,1-4H3,(H,45,53)(H,46,54)(H,47,51)(H,48,52)/t29-,30-,33-,34-,35-,36-/m0/s1. The molecular formula is C42H54N8O6. The van der Waals surface area contributed by atoms with E-state index in [0.717, 1.165) is 11.1 Å². The first-order chi connectivity index (χ1) is 27.0. The third-order valence-electron chi connectivity index (χ3n) is 10.0. The van der Waals surface area contributed by atoms with Crippen LogP contribution in [0.1, 0.15) is 63.5 Å². The van der Waals surface area contributed by atoms with Gasteiger partial charge in [0, 0.05) is 39.0 Å². The Morgan fingerprint density at radius 2 is 1.00 bits per heavy atom. The van der Waals surface area contributed by atoms with Crippen molar-refractivity contribution in [3.8, 4) is 23.7 Å². The monoisotopic (exact) mass is 766 g/mol. The predicted octanol–water partition coefficient (Wildman–Crippen LogP) is 0.574. The Balaban J connectivity index is 1.43. The van der Waals surface area contributed by atoms with Crippen molar-refractivity contribution < 1.29 is 28.8 Å². The van der Waals surface area contributed by atoms with Crippen LogP contribution in [-0.2, 0) is 41.9 Å². The maximum absolute atomic E-state index is 13.9. The molecule has 2 fully saturated rings. The summed E-state index contributed by atoms with van der Waals surface area (Å²) in [5.74, 6) is 9.01. The van der Waals surface area contributed by atoms with Crippen LogP contribution >= 0.6 is 0 Å². The summed E-state index contributed by atoms with van der Waals surface area (Å²) in [7, 11) is 3.27. The Bertz CT molecular complexity index is 1670. The van der Waals surface area contributed by atoms with Crippen LogP contribution in [0.4, 0.5) is 0 Å². The molecule has 2 aliphatic heterocycles. The lowest BCUT2D eigenvalue weighted by atomic mass is 10.1. The zero-order chi connectivity index (χ0) is 40.5. The van der Waals surface area contributed by atoms with Gasteiger partial charge in [0.05, 0.1) is 12.1 Å². The van der Waals surface area contributed by atoms with Crippen molar-refractivity contribution in [2.45, 2.75) is 102 Å². The van der Waals surface area contributed by atoms with Crippen LogP contribution in [0.15, 0.2) is 60.7 Å². The fourth-order valence-electron chi connectivity index (χ4n) is 6.46. The first-order valence-electron chi connectivity index (χ1n) is 19.2. The molecule has 14 heteroatoms. The molecule has 2 heterocycles. The number of benzene rings is 2. The lowest BCUT2D eigenvalue weighted by molar-refractivity contribution is -0.141. The predicted molar refractivity (Wildman–Crippen MR) is 212 cm³/mol. The SMILES string of the molecule is CN[C@@H](C)C(=O)N[C@@H](CC#CC#CC[C@H](NC(=O)[C@H](C)NC)C(=O)N1CCC[C@H]1C(=O)NCc1ccccc1)C(=O)N1CCC[C@H]1C(=O)NCc1ccccc1. The molecule has 2 aliphatic rings. The number of rotatable bonds is 16. The Morgan fingerprint density at radius 3 is 1.36 bits per heavy atom. The van der Waals surface area contributed by atoms with E-state index in [1.807, 2.05) is 60.7 Å². The Labute approximate surface area is 329 Å². The van der Waals surface area contributed by atoms with Crippen molar-refractivity contribution >= 4 is 35.4 Å². The highest BCUT2D eigenvalue weighted by Gasteiger charge is 2.39. The Morgan fingerprint density at radius 1 is 0.625 bits per heavy atom. The highest BCUT2D eigenvalue weighted by atomic mass is 16.2. The molecule has 56 heavy (non-hydrogen) atoms. The molecule has 0 unspecified atom stereocenters. The molecule has 6 atom stereocenters. The van der Waals surface area contributed by atoms with Crippen molar-refractivity contribution in [1.29, 1.82) is 0 Å². The van der Waals surface area contributed by atoms with Gasteiger partial charge < -0.3 is 41.7 Å². The molecule has 0 radical (unpaired) electrons. The summed E-state index contributed by atoms with van der Waals surface area (Å²) in [5, 5.41) is 17.1. The maximum atomic E-state index is 13.9. The minimum atomic E-state index is -1.04. The summed E-state index contributed by atoms with van der Waals surface area (Å²) in [5.41, 5.74) is 1.87. The fourth-order valence-corrected chi connectivity index (χ4v) is 6.46. The van der Waals surface area contributed by atoms with E-state index in [2.05, 4.69) is 55.6 Å². The number of likely N-dealkylation sites (tertiary alicyclic amines) is 2. The summed E-state index contributed by atoms with van der Waals surface area (Å²) in [6.45, 7) is 4.72. The van der Waals surface area contributed by atoms with E-state index in [4.69, 9.17) is 0 Å². The van der Waals surface area contributed by atoms with Gasteiger partial charge >= 0.3 is 0 Å². The molecule has 6 amide bonds. The van der Waals surface area contributed by atoms with Crippen LogP contribution in [0.3, 0.4) is 0 Å². The lowest BCUT2D eigenvalue weighted by Crippen LogP contribution is -2.55. The highest BCUT2D eigenvalue weighted by Crippen LogP contribution is 2.21. The molecule has 14 nitrogen and oxygen atoms in total. The van der Waals surface area contributed by atoms with Crippen molar-refractivity contribution in [2.24, 2.45) is 0 Å². The zero-order valence-electron chi connectivity index (χ0n) is 32.7. The van der Waals surface area contributed by atoms with Gasteiger partial charge in [-0.1, -0.05) is 72.5 Å². The zero-order valence-corrected chi connectivity index (χ0v) is 32.7. The van der Waals surface area contributed by atoms with Crippen molar-refractivity contribution in [2.75, 3.05) is 27.2 Å². The van der Waals surface area contributed by atoms with Crippen molar-refractivity contribution in [3.05, 3.63) is 71.8 Å². The van der Waals surface area contributed by atoms with Crippen molar-refractivity contribution in [3.63, 3.8) is 0 Å². The van der Waals surface area contributed by atoms with E-state index in [0.29, 0.717) is 51.9 Å². The number of carbonyl (C=O) groups excluding carboxylic acids is 6. The van der Waals surface area contributed by atoms with Crippen LogP contribution in [0.2, 0.25) is 0 Å². The number of hydrogen-bond acceptors (Lipinski definition) is 8. The van der Waals surface area contributed by atoms with Crippen LogP contribution in [-0.4, -0.2) is 109 Å². The third kappa shape index (κ3) is 12.4. The molecule has 2 saturated heterocycles. The molecule has 0 saturated carbocycles. The molecule has 0 aliphatic carbocycles. The summed E-state index contributed by atoms with van der Waals surface area (Å²) in [6, 6.07) is 14.4. The first kappa shape index (κ1) is 43.0. The largest absolute Gasteiger partial charge is 0.350 e. The number of nitrogens with one attached hydrogen (secondary N) is 6. The van der Waals surface area contributed by atoms with E-state index in [-0.39, 0.29) is 24.7 Å². The normalized spacial score (nSPS) is 18.1. The minimum absolute atomic E-state index is 0.0725. The maximum Gasteiger partial charge on any atom is 0.246 e. The van der Waals surface area contributed by atoms with Gasteiger partial charge in [0.25, 0.3) is 0 Å². The smallest absolute Gasteiger partial charge is 0.246 e.